The van der Waals surface area contributed by atoms with Crippen molar-refractivity contribution >= 4 is 0 Å². The zero-order valence-corrected chi connectivity index (χ0v) is 10.3. The van der Waals surface area contributed by atoms with Gasteiger partial charge in [-0.25, -0.2) is 0 Å². The van der Waals surface area contributed by atoms with Crippen LogP contribution in [0.25, 0.3) is 0 Å². The summed E-state index contributed by atoms with van der Waals surface area (Å²) in [5.41, 5.74) is 1.83. The van der Waals surface area contributed by atoms with E-state index in [0.29, 0.717) is 12.2 Å². The van der Waals surface area contributed by atoms with E-state index in [4.69, 9.17) is 14.7 Å². The Labute approximate surface area is 102 Å². The maximum atomic E-state index is 8.67. The molecular weight excluding hydrogens is 216 g/mol. The van der Waals surface area contributed by atoms with E-state index in [-0.39, 0.29) is 6.10 Å². The highest BCUT2D eigenvalue weighted by atomic mass is 16.5. The van der Waals surface area contributed by atoms with E-state index < -0.39 is 0 Å². The molecule has 0 aliphatic rings. The molecule has 1 N–H and O–H groups in total. The van der Waals surface area contributed by atoms with Gasteiger partial charge in [-0.15, -0.1) is 0 Å². The number of methoxy groups -OCH3 is 2. The second-order valence-corrected chi connectivity index (χ2v) is 3.75. The van der Waals surface area contributed by atoms with E-state index in [9.17, 15) is 0 Å². The van der Waals surface area contributed by atoms with E-state index in [1.165, 1.54) is 0 Å². The van der Waals surface area contributed by atoms with Crippen LogP contribution in [0, 0.1) is 11.3 Å². The zero-order valence-electron chi connectivity index (χ0n) is 10.3. The Morgan fingerprint density at radius 2 is 2.00 bits per heavy atom. The Hall–Kier alpha value is -1.41. The van der Waals surface area contributed by atoms with Gasteiger partial charge >= 0.3 is 0 Å². The Morgan fingerprint density at radius 1 is 1.29 bits per heavy atom. The average molecular weight is 234 g/mol. The normalized spacial score (nSPS) is 12.1. The van der Waals surface area contributed by atoms with E-state index >= 15 is 0 Å². The fraction of sp³-hybridized carbons (Fsp3) is 0.462. The lowest BCUT2D eigenvalue weighted by molar-refractivity contribution is 0.0288. The molecule has 17 heavy (non-hydrogen) atoms. The van der Waals surface area contributed by atoms with Gasteiger partial charge in [0.25, 0.3) is 0 Å². The number of rotatable bonds is 7. The fourth-order valence-electron chi connectivity index (χ4n) is 1.47. The van der Waals surface area contributed by atoms with Gasteiger partial charge in [0.1, 0.15) is 0 Å². The first-order valence-electron chi connectivity index (χ1n) is 5.51. The van der Waals surface area contributed by atoms with Crippen LogP contribution >= 0.6 is 0 Å². The molecule has 0 saturated heterocycles. The minimum atomic E-state index is 0.0679. The Morgan fingerprint density at radius 3 is 2.53 bits per heavy atom. The summed E-state index contributed by atoms with van der Waals surface area (Å²) >= 11 is 0. The SMILES string of the molecule is COCC(CNCc1ccc(C#N)cc1)OC. The van der Waals surface area contributed by atoms with Gasteiger partial charge in [0.2, 0.25) is 0 Å². The Balaban J connectivity index is 2.32. The van der Waals surface area contributed by atoms with Crippen molar-refractivity contribution < 1.29 is 9.47 Å². The molecule has 4 heteroatoms. The molecule has 1 aromatic rings. The summed E-state index contributed by atoms with van der Waals surface area (Å²) in [7, 11) is 3.33. The van der Waals surface area contributed by atoms with Gasteiger partial charge in [-0.3, -0.25) is 0 Å². The molecule has 0 bridgehead atoms. The van der Waals surface area contributed by atoms with Crippen molar-refractivity contribution in [3.05, 3.63) is 35.4 Å². The van der Waals surface area contributed by atoms with Crippen molar-refractivity contribution in [2.75, 3.05) is 27.4 Å². The van der Waals surface area contributed by atoms with Crippen molar-refractivity contribution in [2.45, 2.75) is 12.6 Å². The summed E-state index contributed by atoms with van der Waals surface area (Å²) in [4.78, 5) is 0. The lowest BCUT2D eigenvalue weighted by Crippen LogP contribution is -2.31. The van der Waals surface area contributed by atoms with Crippen molar-refractivity contribution in [1.82, 2.24) is 5.32 Å². The predicted molar refractivity (Wildman–Crippen MR) is 65.5 cm³/mol. The van der Waals surface area contributed by atoms with Crippen LogP contribution < -0.4 is 5.32 Å². The number of hydrogen-bond donors (Lipinski definition) is 1. The van der Waals surface area contributed by atoms with Gasteiger partial charge in [0.15, 0.2) is 0 Å². The molecule has 0 amide bonds. The topological polar surface area (TPSA) is 54.3 Å². The van der Waals surface area contributed by atoms with Crippen molar-refractivity contribution in [2.24, 2.45) is 0 Å². The van der Waals surface area contributed by atoms with Gasteiger partial charge in [-0.1, -0.05) is 12.1 Å². The summed E-state index contributed by atoms with van der Waals surface area (Å²) in [6.07, 6.45) is 0.0679. The number of nitrogens with one attached hydrogen (secondary N) is 1. The van der Waals surface area contributed by atoms with Gasteiger partial charge in [-0.05, 0) is 17.7 Å². The standard InChI is InChI=1S/C13H18N2O2/c1-16-10-13(17-2)9-15-8-12-5-3-11(7-14)4-6-12/h3-6,13,15H,8-10H2,1-2H3. The summed E-state index contributed by atoms with van der Waals surface area (Å²) in [5, 5.41) is 12.0. The number of hydrogen-bond acceptors (Lipinski definition) is 4. The monoisotopic (exact) mass is 234 g/mol. The van der Waals surface area contributed by atoms with Crippen LogP contribution in [0.3, 0.4) is 0 Å². The third kappa shape index (κ3) is 4.96. The number of nitrogens with zero attached hydrogens (tertiary/aromatic N) is 1. The van der Waals surface area contributed by atoms with Gasteiger partial charge in [-0.2, -0.15) is 5.26 Å². The van der Waals surface area contributed by atoms with E-state index in [1.54, 1.807) is 14.2 Å². The molecule has 0 fully saturated rings. The van der Waals surface area contributed by atoms with Crippen LogP contribution in [0.1, 0.15) is 11.1 Å². The second-order valence-electron chi connectivity index (χ2n) is 3.75. The summed E-state index contributed by atoms with van der Waals surface area (Å²) in [5.74, 6) is 0. The van der Waals surface area contributed by atoms with Gasteiger partial charge in [0.05, 0.1) is 24.3 Å². The number of benzene rings is 1. The van der Waals surface area contributed by atoms with Crippen molar-refractivity contribution in [3.8, 4) is 6.07 Å². The van der Waals surface area contributed by atoms with Crippen molar-refractivity contribution in [3.63, 3.8) is 0 Å². The minimum Gasteiger partial charge on any atom is -0.382 e. The first kappa shape index (κ1) is 13.7. The molecular formula is C13H18N2O2. The summed E-state index contributed by atoms with van der Waals surface area (Å²) in [6.45, 7) is 2.08. The summed E-state index contributed by atoms with van der Waals surface area (Å²) in [6, 6.07) is 9.63. The van der Waals surface area contributed by atoms with Gasteiger partial charge < -0.3 is 14.8 Å². The van der Waals surface area contributed by atoms with Crippen molar-refractivity contribution in [1.29, 1.82) is 5.26 Å². The van der Waals surface area contributed by atoms with Crippen LogP contribution in [-0.4, -0.2) is 33.5 Å². The van der Waals surface area contributed by atoms with Crippen LogP contribution in [0.15, 0.2) is 24.3 Å². The highest BCUT2D eigenvalue weighted by Gasteiger charge is 2.05. The lowest BCUT2D eigenvalue weighted by Gasteiger charge is -2.14. The maximum Gasteiger partial charge on any atom is 0.0991 e. The largest absolute Gasteiger partial charge is 0.382 e. The fourth-order valence-corrected chi connectivity index (χ4v) is 1.47. The molecule has 1 rings (SSSR count). The molecule has 0 saturated carbocycles. The highest BCUT2D eigenvalue weighted by molar-refractivity contribution is 5.31. The molecule has 0 spiro atoms. The van der Waals surface area contributed by atoms with Crippen LogP contribution in [0.4, 0.5) is 0 Å². The first-order valence-corrected chi connectivity index (χ1v) is 5.51. The molecule has 0 aliphatic heterocycles. The second kappa shape index (κ2) is 7.80. The third-order valence-electron chi connectivity index (χ3n) is 2.47. The van der Waals surface area contributed by atoms with E-state index in [0.717, 1.165) is 18.7 Å². The Bertz CT molecular complexity index is 357. The summed E-state index contributed by atoms with van der Waals surface area (Å²) < 4.78 is 10.3. The number of ether oxygens (including phenoxy) is 2. The van der Waals surface area contributed by atoms with Crippen LogP contribution in [0.5, 0.6) is 0 Å². The maximum absolute atomic E-state index is 8.67. The lowest BCUT2D eigenvalue weighted by atomic mass is 10.1. The highest BCUT2D eigenvalue weighted by Crippen LogP contribution is 2.02. The smallest absolute Gasteiger partial charge is 0.0991 e. The Kier molecular flexibility index (Phi) is 6.26. The van der Waals surface area contributed by atoms with E-state index in [1.807, 2.05) is 24.3 Å². The molecule has 0 radical (unpaired) electrons. The molecule has 0 aromatic heterocycles. The molecule has 1 aromatic carbocycles. The van der Waals surface area contributed by atoms with E-state index in [2.05, 4.69) is 11.4 Å². The molecule has 4 nitrogen and oxygen atoms in total. The predicted octanol–water partition coefficient (Wildman–Crippen LogP) is 1.31. The minimum absolute atomic E-state index is 0.0679. The molecule has 1 atom stereocenters. The third-order valence-corrected chi connectivity index (χ3v) is 2.47. The molecule has 1 unspecified atom stereocenters. The average Bonchev–Trinajstić information content (AvgIpc) is 2.38. The first-order chi connectivity index (χ1) is 8.30. The quantitative estimate of drug-likeness (QED) is 0.773. The van der Waals surface area contributed by atoms with Crippen LogP contribution in [0.2, 0.25) is 0 Å². The molecule has 92 valence electrons. The number of nitriles is 1. The van der Waals surface area contributed by atoms with Gasteiger partial charge in [0, 0.05) is 27.3 Å². The molecule has 0 aliphatic carbocycles. The zero-order chi connectivity index (χ0) is 12.5. The molecule has 0 heterocycles. The van der Waals surface area contributed by atoms with Crippen LogP contribution in [-0.2, 0) is 16.0 Å².